The molecule has 1 amide bonds. The average molecular weight is 325 g/mol. The van der Waals surface area contributed by atoms with E-state index in [1.165, 1.54) is 0 Å². The highest BCUT2D eigenvalue weighted by Gasteiger charge is 2.22. The van der Waals surface area contributed by atoms with Gasteiger partial charge in [-0.05, 0) is 49.6 Å². The van der Waals surface area contributed by atoms with Crippen molar-refractivity contribution in [3.8, 4) is 5.75 Å². The number of carbonyl (C=O) groups is 1. The molecule has 2 N–H and O–H groups in total. The van der Waals surface area contributed by atoms with E-state index < -0.39 is 0 Å². The van der Waals surface area contributed by atoms with E-state index in [2.05, 4.69) is 4.98 Å². The number of hydrogen-bond donors (Lipinski definition) is 1. The van der Waals surface area contributed by atoms with Crippen LogP contribution in [-0.4, -0.2) is 34.9 Å². The zero-order valence-electron chi connectivity index (χ0n) is 13.9. The maximum absolute atomic E-state index is 12.6. The zero-order valence-corrected chi connectivity index (χ0v) is 13.9. The lowest BCUT2D eigenvalue weighted by molar-refractivity contribution is 0.0708. The topological polar surface area (TPSA) is 68.5 Å². The minimum Gasteiger partial charge on any atom is -0.487 e. The van der Waals surface area contributed by atoms with Crippen LogP contribution in [0.3, 0.4) is 0 Å². The number of amides is 1. The number of pyridine rings is 1. The van der Waals surface area contributed by atoms with Crippen molar-refractivity contribution in [2.45, 2.75) is 32.4 Å². The van der Waals surface area contributed by atoms with E-state index in [0.717, 1.165) is 36.4 Å². The molecule has 24 heavy (non-hydrogen) atoms. The number of aryl methyl sites for hydroxylation is 1. The Hall–Kier alpha value is -2.40. The number of ether oxygens (including phenoxy) is 1. The maximum atomic E-state index is 12.6. The number of rotatable bonds is 4. The lowest BCUT2D eigenvalue weighted by Crippen LogP contribution is -2.45. The molecule has 0 radical (unpaired) electrons. The van der Waals surface area contributed by atoms with Crippen LogP contribution in [0.1, 0.15) is 34.5 Å². The van der Waals surface area contributed by atoms with Crippen molar-refractivity contribution in [2.24, 2.45) is 5.73 Å². The maximum Gasteiger partial charge on any atom is 0.253 e. The highest BCUT2D eigenvalue weighted by Crippen LogP contribution is 2.16. The molecule has 2 aromatic rings. The smallest absolute Gasteiger partial charge is 0.253 e. The quantitative estimate of drug-likeness (QED) is 0.938. The highest BCUT2D eigenvalue weighted by molar-refractivity contribution is 5.94. The van der Waals surface area contributed by atoms with Crippen LogP contribution in [0.2, 0.25) is 0 Å². The fourth-order valence-electron chi connectivity index (χ4n) is 2.88. The fourth-order valence-corrected chi connectivity index (χ4v) is 2.88. The molecule has 1 aromatic heterocycles. The van der Waals surface area contributed by atoms with Crippen LogP contribution in [0, 0.1) is 6.92 Å². The van der Waals surface area contributed by atoms with Crippen LogP contribution in [0.4, 0.5) is 0 Å². The molecule has 1 aliphatic rings. The molecule has 1 fully saturated rings. The van der Waals surface area contributed by atoms with E-state index in [0.29, 0.717) is 18.7 Å². The second-order valence-corrected chi connectivity index (χ2v) is 6.28. The van der Waals surface area contributed by atoms with Gasteiger partial charge in [0, 0.05) is 30.4 Å². The molecule has 5 nitrogen and oxygen atoms in total. The predicted molar refractivity (Wildman–Crippen MR) is 92.9 cm³/mol. The molecule has 1 unspecified atom stereocenters. The Kier molecular flexibility index (Phi) is 5.11. The largest absolute Gasteiger partial charge is 0.487 e. The summed E-state index contributed by atoms with van der Waals surface area (Å²) in [7, 11) is 0. The predicted octanol–water partition coefficient (Wildman–Crippen LogP) is 2.53. The molecule has 0 bridgehead atoms. The van der Waals surface area contributed by atoms with Gasteiger partial charge in [0.25, 0.3) is 5.91 Å². The first-order chi connectivity index (χ1) is 11.6. The van der Waals surface area contributed by atoms with Crippen LogP contribution in [0.25, 0.3) is 0 Å². The van der Waals surface area contributed by atoms with Gasteiger partial charge < -0.3 is 15.4 Å². The van der Waals surface area contributed by atoms with Gasteiger partial charge >= 0.3 is 0 Å². The third-order valence-electron chi connectivity index (χ3n) is 4.21. The standard InChI is InChI=1S/C19H23N3O2/c1-14-7-8-18(11-21-14)24-13-15-4-2-5-16(10-15)19(23)22-9-3-6-17(20)12-22/h2,4-5,7-8,10-11,17H,3,6,9,12-13,20H2,1H3. The SMILES string of the molecule is Cc1ccc(OCc2cccc(C(=O)N3CCCC(N)C3)c2)cn1. The Morgan fingerprint density at radius 3 is 3.00 bits per heavy atom. The molecule has 0 aliphatic carbocycles. The third kappa shape index (κ3) is 4.11. The van der Waals surface area contributed by atoms with E-state index in [-0.39, 0.29) is 11.9 Å². The van der Waals surface area contributed by atoms with Crippen molar-refractivity contribution < 1.29 is 9.53 Å². The summed E-state index contributed by atoms with van der Waals surface area (Å²) in [6.07, 6.45) is 3.66. The Morgan fingerprint density at radius 1 is 1.38 bits per heavy atom. The summed E-state index contributed by atoms with van der Waals surface area (Å²) in [6, 6.07) is 11.5. The number of likely N-dealkylation sites (tertiary alicyclic amines) is 1. The molecule has 0 spiro atoms. The van der Waals surface area contributed by atoms with Crippen molar-refractivity contribution in [3.05, 3.63) is 59.4 Å². The first-order valence-electron chi connectivity index (χ1n) is 8.31. The lowest BCUT2D eigenvalue weighted by atomic mass is 10.0. The van der Waals surface area contributed by atoms with Gasteiger partial charge in [0.2, 0.25) is 0 Å². The van der Waals surface area contributed by atoms with Crippen LogP contribution in [0.5, 0.6) is 5.75 Å². The molecule has 1 atom stereocenters. The molecule has 5 heteroatoms. The van der Waals surface area contributed by atoms with Gasteiger partial charge in [0.05, 0.1) is 6.20 Å². The number of benzene rings is 1. The highest BCUT2D eigenvalue weighted by atomic mass is 16.5. The van der Waals surface area contributed by atoms with E-state index in [1.54, 1.807) is 6.20 Å². The van der Waals surface area contributed by atoms with Crippen molar-refractivity contribution in [1.82, 2.24) is 9.88 Å². The molecular formula is C19H23N3O2. The Bertz CT molecular complexity index is 700. The van der Waals surface area contributed by atoms with Gasteiger partial charge in [-0.2, -0.15) is 0 Å². The number of hydrogen-bond acceptors (Lipinski definition) is 4. The van der Waals surface area contributed by atoms with Crippen molar-refractivity contribution >= 4 is 5.91 Å². The molecule has 1 aliphatic heterocycles. The Morgan fingerprint density at radius 2 is 2.25 bits per heavy atom. The summed E-state index contributed by atoms with van der Waals surface area (Å²) in [5, 5.41) is 0. The lowest BCUT2D eigenvalue weighted by Gasteiger charge is -2.30. The van der Waals surface area contributed by atoms with E-state index in [4.69, 9.17) is 10.5 Å². The zero-order chi connectivity index (χ0) is 16.9. The molecule has 126 valence electrons. The van der Waals surface area contributed by atoms with Gasteiger partial charge in [-0.1, -0.05) is 12.1 Å². The van der Waals surface area contributed by atoms with Gasteiger partial charge in [0.1, 0.15) is 12.4 Å². The number of nitrogens with zero attached hydrogens (tertiary/aromatic N) is 2. The third-order valence-corrected chi connectivity index (χ3v) is 4.21. The molecule has 3 rings (SSSR count). The van der Waals surface area contributed by atoms with E-state index >= 15 is 0 Å². The summed E-state index contributed by atoms with van der Waals surface area (Å²) in [5.41, 5.74) is 8.58. The van der Waals surface area contributed by atoms with Crippen LogP contribution < -0.4 is 10.5 Å². The Balaban J connectivity index is 1.65. The van der Waals surface area contributed by atoms with Gasteiger partial charge in [-0.3, -0.25) is 9.78 Å². The Labute approximate surface area is 142 Å². The average Bonchev–Trinajstić information content (AvgIpc) is 2.61. The van der Waals surface area contributed by atoms with Gasteiger partial charge in [0.15, 0.2) is 0 Å². The summed E-state index contributed by atoms with van der Waals surface area (Å²) in [6.45, 7) is 3.76. The van der Waals surface area contributed by atoms with E-state index in [1.807, 2.05) is 48.2 Å². The van der Waals surface area contributed by atoms with Gasteiger partial charge in [-0.25, -0.2) is 0 Å². The van der Waals surface area contributed by atoms with Crippen LogP contribution in [-0.2, 0) is 6.61 Å². The molecule has 1 aromatic carbocycles. The normalized spacial score (nSPS) is 17.6. The first kappa shape index (κ1) is 16.5. The van der Waals surface area contributed by atoms with Crippen molar-refractivity contribution in [3.63, 3.8) is 0 Å². The van der Waals surface area contributed by atoms with Crippen LogP contribution >= 0.6 is 0 Å². The number of aromatic nitrogens is 1. The van der Waals surface area contributed by atoms with Crippen molar-refractivity contribution in [1.29, 1.82) is 0 Å². The first-order valence-corrected chi connectivity index (χ1v) is 8.31. The number of carbonyl (C=O) groups excluding carboxylic acids is 1. The minimum absolute atomic E-state index is 0.0454. The van der Waals surface area contributed by atoms with Crippen molar-refractivity contribution in [2.75, 3.05) is 13.1 Å². The summed E-state index contributed by atoms with van der Waals surface area (Å²) < 4.78 is 5.74. The van der Waals surface area contributed by atoms with E-state index in [9.17, 15) is 4.79 Å². The second kappa shape index (κ2) is 7.45. The second-order valence-electron chi connectivity index (χ2n) is 6.28. The molecule has 1 saturated heterocycles. The summed E-state index contributed by atoms with van der Waals surface area (Å²) >= 11 is 0. The summed E-state index contributed by atoms with van der Waals surface area (Å²) in [4.78, 5) is 18.7. The fraction of sp³-hybridized carbons (Fsp3) is 0.368. The summed E-state index contributed by atoms with van der Waals surface area (Å²) in [5.74, 6) is 0.767. The number of nitrogens with two attached hydrogens (primary N) is 1. The minimum atomic E-state index is 0.0454. The molecule has 0 saturated carbocycles. The monoisotopic (exact) mass is 325 g/mol. The molecule has 2 heterocycles. The van der Waals surface area contributed by atoms with Gasteiger partial charge in [-0.15, -0.1) is 0 Å². The van der Waals surface area contributed by atoms with Crippen LogP contribution in [0.15, 0.2) is 42.6 Å². The molecular weight excluding hydrogens is 302 g/mol. The number of piperidine rings is 1.